The molecule has 16 heavy (non-hydrogen) atoms. The van der Waals surface area contributed by atoms with Crippen LogP contribution in [0, 0.1) is 0 Å². The summed E-state index contributed by atoms with van der Waals surface area (Å²) in [7, 11) is 0. The molecule has 1 aliphatic carbocycles. The van der Waals surface area contributed by atoms with Gasteiger partial charge in [0.1, 0.15) is 0 Å². The third-order valence-corrected chi connectivity index (χ3v) is 3.20. The largest absolute Gasteiger partial charge is 0.396 e. The molecule has 88 valence electrons. The van der Waals surface area contributed by atoms with E-state index in [1.807, 2.05) is 0 Å². The Hall–Kier alpha value is -1.00. The number of hydrogen-bond acceptors (Lipinski definition) is 4. The van der Waals surface area contributed by atoms with Crippen molar-refractivity contribution in [2.75, 3.05) is 23.8 Å². The van der Waals surface area contributed by atoms with Crippen molar-refractivity contribution in [1.82, 2.24) is 4.98 Å². The molecule has 1 heterocycles. The molecular formula is C11H16ClN3O. The van der Waals surface area contributed by atoms with Crippen LogP contribution in [0.3, 0.4) is 0 Å². The van der Waals surface area contributed by atoms with E-state index in [0.29, 0.717) is 23.3 Å². The molecule has 0 aromatic carbocycles. The fourth-order valence-electron chi connectivity index (χ4n) is 1.96. The van der Waals surface area contributed by atoms with Crippen molar-refractivity contribution in [3.05, 3.63) is 17.3 Å². The van der Waals surface area contributed by atoms with Gasteiger partial charge in [-0.1, -0.05) is 11.6 Å². The van der Waals surface area contributed by atoms with E-state index in [1.165, 1.54) is 6.42 Å². The number of aliphatic hydroxyl groups is 1. The highest BCUT2D eigenvalue weighted by Gasteiger charge is 2.26. The van der Waals surface area contributed by atoms with Crippen molar-refractivity contribution >= 4 is 23.1 Å². The summed E-state index contributed by atoms with van der Waals surface area (Å²) >= 11 is 5.82. The maximum Gasteiger partial charge on any atom is 0.152 e. The first kappa shape index (κ1) is 11.5. The molecule has 0 amide bonds. The number of aliphatic hydroxyl groups excluding tert-OH is 1. The van der Waals surface area contributed by atoms with E-state index in [9.17, 15) is 0 Å². The number of aromatic nitrogens is 1. The van der Waals surface area contributed by atoms with Crippen LogP contribution in [-0.2, 0) is 0 Å². The molecule has 0 atom stereocenters. The van der Waals surface area contributed by atoms with Crippen molar-refractivity contribution in [2.45, 2.75) is 25.3 Å². The van der Waals surface area contributed by atoms with E-state index in [-0.39, 0.29) is 6.61 Å². The summed E-state index contributed by atoms with van der Waals surface area (Å²) in [5.74, 6) is 0.739. The minimum Gasteiger partial charge on any atom is -0.396 e. The number of halogens is 1. The molecule has 0 spiro atoms. The molecule has 0 bridgehead atoms. The molecule has 1 aromatic rings. The number of nitrogens with two attached hydrogens (primary N) is 1. The Bertz CT molecular complexity index is 368. The summed E-state index contributed by atoms with van der Waals surface area (Å²) in [6.07, 6.45) is 5.11. The van der Waals surface area contributed by atoms with Crippen LogP contribution in [-0.4, -0.2) is 29.3 Å². The lowest BCUT2D eigenvalue weighted by molar-refractivity contribution is 0.283. The van der Waals surface area contributed by atoms with E-state index < -0.39 is 0 Å². The first-order chi connectivity index (χ1) is 7.72. The van der Waals surface area contributed by atoms with Crippen molar-refractivity contribution in [1.29, 1.82) is 0 Å². The van der Waals surface area contributed by atoms with Gasteiger partial charge in [0.05, 0.1) is 17.3 Å². The predicted octanol–water partition coefficient (Wildman–Crippen LogP) is 1.67. The van der Waals surface area contributed by atoms with Crippen molar-refractivity contribution < 1.29 is 5.11 Å². The van der Waals surface area contributed by atoms with Crippen LogP contribution >= 0.6 is 11.6 Å². The molecule has 0 radical (unpaired) electrons. The molecular weight excluding hydrogens is 226 g/mol. The zero-order chi connectivity index (χ0) is 11.5. The highest BCUT2D eigenvalue weighted by atomic mass is 35.5. The van der Waals surface area contributed by atoms with Crippen molar-refractivity contribution in [3.63, 3.8) is 0 Å². The third kappa shape index (κ3) is 2.23. The fourth-order valence-corrected chi connectivity index (χ4v) is 2.12. The van der Waals surface area contributed by atoms with Crippen LogP contribution in [0.15, 0.2) is 12.3 Å². The summed E-state index contributed by atoms with van der Waals surface area (Å²) in [5.41, 5.74) is 6.48. The Morgan fingerprint density at radius 1 is 1.56 bits per heavy atom. The Morgan fingerprint density at radius 2 is 2.31 bits per heavy atom. The first-order valence-corrected chi connectivity index (χ1v) is 5.88. The van der Waals surface area contributed by atoms with E-state index in [4.69, 9.17) is 22.4 Å². The monoisotopic (exact) mass is 241 g/mol. The number of anilines is 2. The molecule has 2 rings (SSSR count). The second-order valence-corrected chi connectivity index (χ2v) is 4.50. The van der Waals surface area contributed by atoms with Crippen LogP contribution in [0.2, 0.25) is 5.02 Å². The van der Waals surface area contributed by atoms with Crippen LogP contribution < -0.4 is 10.6 Å². The van der Waals surface area contributed by atoms with Gasteiger partial charge in [0.2, 0.25) is 0 Å². The third-order valence-electron chi connectivity index (χ3n) is 2.99. The standard InChI is InChI=1S/C11H16ClN3O/c12-8-6-10(13)11(14-7-8)15(4-5-16)9-2-1-3-9/h6-7,9,16H,1-5,13H2. The van der Waals surface area contributed by atoms with E-state index >= 15 is 0 Å². The van der Waals surface area contributed by atoms with Crippen molar-refractivity contribution in [2.24, 2.45) is 0 Å². The first-order valence-electron chi connectivity index (χ1n) is 5.51. The van der Waals surface area contributed by atoms with Gasteiger partial charge in [-0.2, -0.15) is 0 Å². The Kier molecular flexibility index (Phi) is 3.51. The summed E-state index contributed by atoms with van der Waals surface area (Å²) in [6, 6.07) is 2.16. The van der Waals surface area contributed by atoms with Crippen LogP contribution in [0.1, 0.15) is 19.3 Å². The Balaban J connectivity index is 2.23. The quantitative estimate of drug-likeness (QED) is 0.842. The Morgan fingerprint density at radius 3 is 2.81 bits per heavy atom. The molecule has 3 N–H and O–H groups in total. The van der Waals surface area contributed by atoms with Gasteiger partial charge in [0, 0.05) is 18.8 Å². The summed E-state index contributed by atoms with van der Waals surface area (Å²) in [4.78, 5) is 6.34. The number of nitrogens with zero attached hydrogens (tertiary/aromatic N) is 2. The lowest BCUT2D eigenvalue weighted by atomic mass is 9.91. The number of hydrogen-bond donors (Lipinski definition) is 2. The Labute approximate surface area is 100 Å². The van der Waals surface area contributed by atoms with Gasteiger partial charge < -0.3 is 15.7 Å². The van der Waals surface area contributed by atoms with Gasteiger partial charge in [-0.05, 0) is 25.3 Å². The average Bonchev–Trinajstić information content (AvgIpc) is 2.14. The molecule has 0 unspecified atom stereocenters. The highest BCUT2D eigenvalue weighted by Crippen LogP contribution is 2.32. The second-order valence-electron chi connectivity index (χ2n) is 4.07. The van der Waals surface area contributed by atoms with Gasteiger partial charge in [0.25, 0.3) is 0 Å². The molecule has 1 fully saturated rings. The van der Waals surface area contributed by atoms with Gasteiger partial charge >= 0.3 is 0 Å². The lowest BCUT2D eigenvalue weighted by Crippen LogP contribution is -2.42. The molecule has 5 heteroatoms. The molecule has 1 aliphatic rings. The van der Waals surface area contributed by atoms with Crippen molar-refractivity contribution in [3.8, 4) is 0 Å². The smallest absolute Gasteiger partial charge is 0.152 e. The van der Waals surface area contributed by atoms with Crippen LogP contribution in [0.5, 0.6) is 0 Å². The number of nitrogen functional groups attached to an aromatic ring is 1. The average molecular weight is 242 g/mol. The van der Waals surface area contributed by atoms with Gasteiger partial charge in [0.15, 0.2) is 5.82 Å². The van der Waals surface area contributed by atoms with E-state index in [1.54, 1.807) is 12.3 Å². The zero-order valence-corrected chi connectivity index (χ0v) is 9.82. The second kappa shape index (κ2) is 4.89. The maximum absolute atomic E-state index is 9.08. The lowest BCUT2D eigenvalue weighted by Gasteiger charge is -2.38. The molecule has 0 saturated heterocycles. The summed E-state index contributed by atoms with van der Waals surface area (Å²) in [6.45, 7) is 0.684. The van der Waals surface area contributed by atoms with Gasteiger partial charge in [-0.25, -0.2) is 4.98 Å². The highest BCUT2D eigenvalue weighted by molar-refractivity contribution is 6.30. The van der Waals surface area contributed by atoms with E-state index in [2.05, 4.69) is 9.88 Å². The molecule has 1 aromatic heterocycles. The number of rotatable bonds is 4. The predicted molar refractivity (Wildman–Crippen MR) is 65.7 cm³/mol. The topological polar surface area (TPSA) is 62.4 Å². The summed E-state index contributed by atoms with van der Waals surface area (Å²) < 4.78 is 0. The number of pyridine rings is 1. The SMILES string of the molecule is Nc1cc(Cl)cnc1N(CCO)C1CCC1. The molecule has 4 nitrogen and oxygen atoms in total. The normalized spacial score (nSPS) is 15.9. The molecule has 0 aliphatic heterocycles. The van der Waals surface area contributed by atoms with Crippen LogP contribution in [0.25, 0.3) is 0 Å². The molecule has 1 saturated carbocycles. The van der Waals surface area contributed by atoms with Gasteiger partial charge in [-0.3, -0.25) is 0 Å². The zero-order valence-electron chi connectivity index (χ0n) is 9.06. The minimum absolute atomic E-state index is 0.111. The van der Waals surface area contributed by atoms with Crippen LogP contribution in [0.4, 0.5) is 11.5 Å². The fraction of sp³-hybridized carbons (Fsp3) is 0.545. The van der Waals surface area contributed by atoms with Gasteiger partial charge in [-0.15, -0.1) is 0 Å². The van der Waals surface area contributed by atoms with E-state index in [0.717, 1.165) is 18.7 Å². The summed E-state index contributed by atoms with van der Waals surface area (Å²) in [5, 5.41) is 9.62. The maximum atomic E-state index is 9.08. The minimum atomic E-state index is 0.111.